The molecule has 0 radical (unpaired) electrons. The summed E-state index contributed by atoms with van der Waals surface area (Å²) in [5.41, 5.74) is 3.35. The molecule has 21 heavy (non-hydrogen) atoms. The molecule has 122 valence electrons. The predicted octanol–water partition coefficient (Wildman–Crippen LogP) is 0.804. The van der Waals surface area contributed by atoms with Gasteiger partial charge in [-0.2, -0.15) is 0 Å². The fraction of sp³-hybridized carbons (Fsp3) is 1.00. The van der Waals surface area contributed by atoms with Crippen molar-refractivity contribution in [1.29, 1.82) is 0 Å². The maximum atomic E-state index is 6.19. The molecule has 3 N–H and O–H groups in total. The lowest BCUT2D eigenvalue weighted by atomic mass is 9.78. The Bertz CT molecular complexity index is 345. The van der Waals surface area contributed by atoms with Crippen LogP contribution in [0.2, 0.25) is 0 Å². The van der Waals surface area contributed by atoms with Crippen LogP contribution < -0.4 is 11.3 Å². The monoisotopic (exact) mass is 296 g/mol. The minimum absolute atomic E-state index is 0.178. The molecular weight excluding hydrogens is 264 g/mol. The maximum Gasteiger partial charge on any atom is 0.0685 e. The molecule has 0 aromatic heterocycles. The fourth-order valence-corrected chi connectivity index (χ4v) is 4.73. The molecule has 0 aromatic carbocycles. The van der Waals surface area contributed by atoms with Gasteiger partial charge in [-0.1, -0.05) is 12.8 Å². The van der Waals surface area contributed by atoms with Crippen LogP contribution in [-0.2, 0) is 4.74 Å². The van der Waals surface area contributed by atoms with E-state index in [2.05, 4.69) is 29.3 Å². The predicted molar refractivity (Wildman–Crippen MR) is 84.9 cm³/mol. The van der Waals surface area contributed by atoms with E-state index in [1.807, 2.05) is 0 Å². The third kappa shape index (κ3) is 3.27. The molecule has 2 heterocycles. The van der Waals surface area contributed by atoms with Crippen LogP contribution in [-0.4, -0.2) is 67.8 Å². The first kappa shape index (κ1) is 15.7. The van der Waals surface area contributed by atoms with Crippen molar-refractivity contribution in [2.24, 2.45) is 11.8 Å². The summed E-state index contributed by atoms with van der Waals surface area (Å²) in [4.78, 5) is 4.92. The van der Waals surface area contributed by atoms with Crippen molar-refractivity contribution in [3.05, 3.63) is 0 Å². The van der Waals surface area contributed by atoms with E-state index in [-0.39, 0.29) is 5.60 Å². The van der Waals surface area contributed by atoms with Crippen LogP contribution in [0.15, 0.2) is 0 Å². The van der Waals surface area contributed by atoms with Gasteiger partial charge in [0.2, 0.25) is 0 Å². The molecule has 0 amide bonds. The zero-order valence-corrected chi connectivity index (χ0v) is 13.7. The van der Waals surface area contributed by atoms with E-state index in [0.29, 0.717) is 18.0 Å². The van der Waals surface area contributed by atoms with E-state index >= 15 is 0 Å². The zero-order valence-electron chi connectivity index (χ0n) is 13.7. The normalized spacial score (nSPS) is 36.1. The van der Waals surface area contributed by atoms with Gasteiger partial charge in [-0.3, -0.25) is 16.2 Å². The number of ether oxygens (including phenoxy) is 1. The smallest absolute Gasteiger partial charge is 0.0685 e. The lowest BCUT2D eigenvalue weighted by molar-refractivity contribution is -0.104. The molecular formula is C16H32N4O. The van der Waals surface area contributed by atoms with Crippen molar-refractivity contribution >= 4 is 0 Å². The van der Waals surface area contributed by atoms with Crippen LogP contribution in [0.5, 0.6) is 0 Å². The van der Waals surface area contributed by atoms with Gasteiger partial charge in [0.25, 0.3) is 0 Å². The van der Waals surface area contributed by atoms with E-state index in [9.17, 15) is 0 Å². The van der Waals surface area contributed by atoms with Crippen molar-refractivity contribution in [3.63, 3.8) is 0 Å². The Morgan fingerprint density at radius 1 is 1.24 bits per heavy atom. The van der Waals surface area contributed by atoms with Crippen molar-refractivity contribution in [3.8, 4) is 0 Å². The Kier molecular flexibility index (Phi) is 4.86. The molecule has 0 bridgehead atoms. The minimum atomic E-state index is 0.178. The summed E-state index contributed by atoms with van der Waals surface area (Å²) in [6, 6.07) is 0.884. The number of piperazine rings is 1. The second-order valence-corrected chi connectivity index (χ2v) is 7.49. The molecule has 1 saturated carbocycles. The van der Waals surface area contributed by atoms with E-state index in [1.54, 1.807) is 0 Å². The summed E-state index contributed by atoms with van der Waals surface area (Å²) in [5, 5.41) is 0. The molecule has 0 aromatic rings. The molecule has 5 nitrogen and oxygen atoms in total. The van der Waals surface area contributed by atoms with Crippen LogP contribution in [0.25, 0.3) is 0 Å². The molecule has 2 saturated heterocycles. The molecule has 3 fully saturated rings. The van der Waals surface area contributed by atoms with E-state index < -0.39 is 0 Å². The van der Waals surface area contributed by atoms with Gasteiger partial charge >= 0.3 is 0 Å². The average molecular weight is 296 g/mol. The molecule has 3 atom stereocenters. The van der Waals surface area contributed by atoms with Gasteiger partial charge in [-0.25, -0.2) is 0 Å². The number of hydrogen-bond acceptors (Lipinski definition) is 5. The van der Waals surface area contributed by atoms with Crippen LogP contribution in [0.3, 0.4) is 0 Å². The molecule has 3 unspecified atom stereocenters. The standard InChI is InChI=1S/C16H32N4O/c1-19-8-9-20(2)14(12-19)15(18-17)13-5-10-21-16(11-13)6-3-4-7-16/h13-15,18H,3-12,17H2,1-2H3. The first-order valence-electron chi connectivity index (χ1n) is 8.62. The Hall–Kier alpha value is -0.200. The number of hydrogen-bond donors (Lipinski definition) is 2. The van der Waals surface area contributed by atoms with E-state index in [1.165, 1.54) is 32.1 Å². The number of hydrazine groups is 1. The van der Waals surface area contributed by atoms with Crippen molar-refractivity contribution < 1.29 is 4.74 Å². The number of likely N-dealkylation sites (N-methyl/N-ethyl adjacent to an activating group) is 2. The largest absolute Gasteiger partial charge is 0.375 e. The van der Waals surface area contributed by atoms with Crippen LogP contribution >= 0.6 is 0 Å². The lowest BCUT2D eigenvalue weighted by Gasteiger charge is -2.47. The number of nitrogens with two attached hydrogens (primary N) is 1. The van der Waals surface area contributed by atoms with Gasteiger partial charge in [0.15, 0.2) is 0 Å². The summed E-state index contributed by atoms with van der Waals surface area (Å²) in [6.07, 6.45) is 7.50. The van der Waals surface area contributed by atoms with Gasteiger partial charge in [-0.15, -0.1) is 0 Å². The van der Waals surface area contributed by atoms with Gasteiger partial charge in [0.1, 0.15) is 0 Å². The molecule has 1 aliphatic carbocycles. The van der Waals surface area contributed by atoms with Crippen LogP contribution in [0.1, 0.15) is 38.5 Å². The molecule has 5 heteroatoms. The first-order valence-corrected chi connectivity index (χ1v) is 8.62. The molecule has 3 aliphatic rings. The number of nitrogens with one attached hydrogen (secondary N) is 1. The highest BCUT2D eigenvalue weighted by molar-refractivity contribution is 4.98. The van der Waals surface area contributed by atoms with Crippen molar-refractivity contribution in [1.82, 2.24) is 15.2 Å². The summed E-state index contributed by atoms with van der Waals surface area (Å²) in [5.74, 6) is 6.63. The van der Waals surface area contributed by atoms with E-state index in [4.69, 9.17) is 10.6 Å². The summed E-state index contributed by atoms with van der Waals surface area (Å²) >= 11 is 0. The number of rotatable bonds is 3. The Morgan fingerprint density at radius 3 is 2.71 bits per heavy atom. The van der Waals surface area contributed by atoms with Gasteiger partial charge in [0.05, 0.1) is 5.60 Å². The third-order valence-electron chi connectivity index (χ3n) is 6.06. The topological polar surface area (TPSA) is 53.8 Å². The Labute approximate surface area is 129 Å². The second kappa shape index (κ2) is 6.50. The maximum absolute atomic E-state index is 6.19. The molecule has 2 aliphatic heterocycles. The highest BCUT2D eigenvalue weighted by atomic mass is 16.5. The second-order valence-electron chi connectivity index (χ2n) is 7.49. The summed E-state index contributed by atoms with van der Waals surface area (Å²) in [7, 11) is 4.46. The van der Waals surface area contributed by atoms with Crippen LogP contribution in [0, 0.1) is 5.92 Å². The highest BCUT2D eigenvalue weighted by Crippen LogP contribution is 2.43. The molecule has 3 rings (SSSR count). The Morgan fingerprint density at radius 2 is 2.00 bits per heavy atom. The highest BCUT2D eigenvalue weighted by Gasteiger charge is 2.44. The van der Waals surface area contributed by atoms with E-state index in [0.717, 1.165) is 32.7 Å². The van der Waals surface area contributed by atoms with Gasteiger partial charge in [0, 0.05) is 38.3 Å². The molecule has 1 spiro atoms. The Balaban J connectivity index is 1.69. The van der Waals surface area contributed by atoms with Crippen molar-refractivity contribution in [2.45, 2.75) is 56.2 Å². The SMILES string of the molecule is CN1CCN(C)C(C(NN)C2CCOC3(CCCC3)C2)C1. The van der Waals surface area contributed by atoms with Gasteiger partial charge in [-0.05, 0) is 45.7 Å². The lowest BCUT2D eigenvalue weighted by Crippen LogP contribution is -2.63. The quantitative estimate of drug-likeness (QED) is 0.596. The third-order valence-corrected chi connectivity index (χ3v) is 6.06. The van der Waals surface area contributed by atoms with Gasteiger partial charge < -0.3 is 9.64 Å². The van der Waals surface area contributed by atoms with Crippen LogP contribution in [0.4, 0.5) is 0 Å². The fourth-order valence-electron chi connectivity index (χ4n) is 4.73. The summed E-state index contributed by atoms with van der Waals surface area (Å²) in [6.45, 7) is 4.31. The first-order chi connectivity index (χ1) is 10.1. The minimum Gasteiger partial charge on any atom is -0.375 e. The average Bonchev–Trinajstić information content (AvgIpc) is 2.91. The van der Waals surface area contributed by atoms with Crippen molar-refractivity contribution in [2.75, 3.05) is 40.3 Å². The zero-order chi connectivity index (χ0) is 14.9. The number of nitrogens with zero attached hydrogens (tertiary/aromatic N) is 2. The summed E-state index contributed by atoms with van der Waals surface area (Å²) < 4.78 is 6.19.